The van der Waals surface area contributed by atoms with Crippen molar-refractivity contribution in [2.45, 2.75) is 76.6 Å². The summed E-state index contributed by atoms with van der Waals surface area (Å²) in [5, 5.41) is -0.149. The van der Waals surface area contributed by atoms with Crippen molar-refractivity contribution in [3.8, 4) is 0 Å². The van der Waals surface area contributed by atoms with Gasteiger partial charge < -0.3 is 14.6 Å². The molecule has 0 saturated carbocycles. The van der Waals surface area contributed by atoms with Gasteiger partial charge in [-0.05, 0) is 87.6 Å². The summed E-state index contributed by atoms with van der Waals surface area (Å²) in [4.78, 5) is 57.1. The Labute approximate surface area is 224 Å². The van der Waals surface area contributed by atoms with Gasteiger partial charge in [-0.25, -0.2) is 4.79 Å². The smallest absolute Gasteiger partial charge is 0.322 e. The summed E-state index contributed by atoms with van der Waals surface area (Å²) < 4.78 is 37.9. The lowest BCUT2D eigenvalue weighted by atomic mass is 9.86. The number of amides is 3. The topological polar surface area (TPSA) is 87.2 Å². The molecule has 4 aliphatic rings. The summed E-state index contributed by atoms with van der Waals surface area (Å²) in [7, 11) is 0. The third-order valence-electron chi connectivity index (χ3n) is 8.41. The number of hydroxylamine groups is 2. The Kier molecular flexibility index (Phi) is 7.54. The molecule has 2 fully saturated rings. The van der Waals surface area contributed by atoms with Gasteiger partial charge in [-0.2, -0.15) is 13.2 Å². The van der Waals surface area contributed by atoms with Crippen LogP contribution >= 0.6 is 0 Å². The van der Waals surface area contributed by atoms with Crippen LogP contribution in [-0.4, -0.2) is 70.4 Å². The Balaban J connectivity index is 1.21. The zero-order valence-electron chi connectivity index (χ0n) is 21.8. The molecule has 8 nitrogen and oxygen atoms in total. The summed E-state index contributed by atoms with van der Waals surface area (Å²) in [6.45, 7) is 5.45. The maximum Gasteiger partial charge on any atom is 0.493 e. The number of carbonyl (C=O) groups excluding carboxylic acids is 4. The first-order valence-electron chi connectivity index (χ1n) is 13.5. The zero-order valence-corrected chi connectivity index (χ0v) is 21.8. The normalized spacial score (nSPS) is 25.1. The fourth-order valence-electron chi connectivity index (χ4n) is 6.13. The lowest BCUT2D eigenvalue weighted by Gasteiger charge is -2.35. The van der Waals surface area contributed by atoms with E-state index in [-0.39, 0.29) is 24.4 Å². The molecule has 3 heterocycles. The SMILES string of the molecule is CC1=CC[C@@H](CN2CCC(c3ccc4c(c3)CN(C3CCC(=O)N(OC(=O)C(F)(F)F)C3=O)C4=O)CC2)CC1. The van der Waals surface area contributed by atoms with E-state index in [1.54, 1.807) is 6.07 Å². The van der Waals surface area contributed by atoms with Gasteiger partial charge in [0.05, 0.1) is 0 Å². The maximum atomic E-state index is 13.1. The number of nitrogens with zero attached hydrogens (tertiary/aromatic N) is 3. The summed E-state index contributed by atoms with van der Waals surface area (Å²) in [5.74, 6) is -4.23. The summed E-state index contributed by atoms with van der Waals surface area (Å²) in [6.07, 6.45) is 2.22. The highest BCUT2D eigenvalue weighted by Crippen LogP contribution is 2.35. The number of allylic oxidation sites excluding steroid dienone is 2. The second kappa shape index (κ2) is 10.7. The number of rotatable bonds is 5. The molecule has 1 aromatic rings. The number of benzene rings is 1. The van der Waals surface area contributed by atoms with Crippen LogP contribution in [0.4, 0.5) is 13.2 Å². The summed E-state index contributed by atoms with van der Waals surface area (Å²) >= 11 is 0. The van der Waals surface area contributed by atoms with Gasteiger partial charge in [0.15, 0.2) is 0 Å². The van der Waals surface area contributed by atoms with E-state index >= 15 is 0 Å². The standard InChI is InChI=1S/C28H32F3N3O5/c1-17-2-4-18(5-3-17)15-32-12-10-19(11-13-32)20-6-7-22-21(14-20)16-33(25(22)36)23-8-9-24(35)34(26(23)37)39-27(38)28(29,30)31/h2,6-7,14,18-19,23H,3-5,8-13,15-16H2,1H3/t18-,23?/m1/s1. The van der Waals surface area contributed by atoms with Gasteiger partial charge in [-0.1, -0.05) is 23.8 Å². The van der Waals surface area contributed by atoms with Gasteiger partial charge in [-0.3, -0.25) is 14.4 Å². The Morgan fingerprint density at radius 1 is 1.05 bits per heavy atom. The molecule has 1 unspecified atom stereocenters. The summed E-state index contributed by atoms with van der Waals surface area (Å²) in [5.41, 5.74) is 3.79. The first kappa shape index (κ1) is 27.4. The Morgan fingerprint density at radius 2 is 1.79 bits per heavy atom. The third kappa shape index (κ3) is 5.73. The number of imide groups is 1. The number of piperidine rings is 2. The van der Waals surface area contributed by atoms with Gasteiger partial charge in [0, 0.05) is 25.1 Å². The van der Waals surface area contributed by atoms with Crippen molar-refractivity contribution >= 4 is 23.7 Å². The molecule has 0 N–H and O–H groups in total. The zero-order chi connectivity index (χ0) is 27.9. The van der Waals surface area contributed by atoms with Gasteiger partial charge in [0.1, 0.15) is 6.04 Å². The van der Waals surface area contributed by atoms with Crippen molar-refractivity contribution in [2.75, 3.05) is 19.6 Å². The number of alkyl halides is 3. The molecule has 39 heavy (non-hydrogen) atoms. The van der Waals surface area contributed by atoms with Gasteiger partial charge >= 0.3 is 12.1 Å². The van der Waals surface area contributed by atoms with Crippen molar-refractivity contribution in [3.63, 3.8) is 0 Å². The van der Waals surface area contributed by atoms with Crippen molar-refractivity contribution in [1.29, 1.82) is 0 Å². The van der Waals surface area contributed by atoms with Crippen LogP contribution in [0.25, 0.3) is 0 Å². The van der Waals surface area contributed by atoms with Crippen molar-refractivity contribution in [2.24, 2.45) is 5.92 Å². The largest absolute Gasteiger partial charge is 0.493 e. The van der Waals surface area contributed by atoms with Crippen LogP contribution < -0.4 is 0 Å². The second-order valence-electron chi connectivity index (χ2n) is 11.1. The molecular weight excluding hydrogens is 515 g/mol. The Morgan fingerprint density at radius 3 is 2.46 bits per heavy atom. The number of carbonyl (C=O) groups is 4. The van der Waals surface area contributed by atoms with E-state index in [0.29, 0.717) is 17.4 Å². The maximum absolute atomic E-state index is 13.1. The van der Waals surface area contributed by atoms with Gasteiger partial charge in [0.2, 0.25) is 0 Å². The van der Waals surface area contributed by atoms with Crippen LogP contribution in [0.2, 0.25) is 0 Å². The fraction of sp³-hybridized carbons (Fsp3) is 0.571. The molecule has 0 radical (unpaired) electrons. The minimum Gasteiger partial charge on any atom is -0.322 e. The number of likely N-dealkylation sites (tertiary alicyclic amines) is 1. The minimum atomic E-state index is -5.37. The predicted molar refractivity (Wildman–Crippen MR) is 133 cm³/mol. The second-order valence-corrected chi connectivity index (χ2v) is 11.1. The fourth-order valence-corrected chi connectivity index (χ4v) is 6.13. The molecule has 2 saturated heterocycles. The summed E-state index contributed by atoms with van der Waals surface area (Å²) in [6, 6.07) is 4.48. The van der Waals surface area contributed by atoms with E-state index < -0.39 is 35.9 Å². The van der Waals surface area contributed by atoms with Crippen molar-refractivity contribution < 1.29 is 37.2 Å². The van der Waals surface area contributed by atoms with Crippen LogP contribution in [0.3, 0.4) is 0 Å². The third-order valence-corrected chi connectivity index (χ3v) is 8.41. The van der Waals surface area contributed by atoms with Gasteiger partial charge in [-0.15, -0.1) is 5.06 Å². The van der Waals surface area contributed by atoms with Crippen LogP contribution in [0.1, 0.15) is 79.3 Å². The molecule has 3 amide bonds. The Hall–Kier alpha value is -3.21. The number of hydrogen-bond acceptors (Lipinski definition) is 6. The van der Waals surface area contributed by atoms with Crippen LogP contribution in [-0.2, 0) is 25.8 Å². The molecule has 0 spiro atoms. The molecule has 1 aromatic carbocycles. The first-order valence-corrected chi connectivity index (χ1v) is 13.5. The van der Waals surface area contributed by atoms with E-state index in [1.807, 2.05) is 12.1 Å². The monoisotopic (exact) mass is 547 g/mol. The van der Waals surface area contributed by atoms with Crippen LogP contribution in [0.5, 0.6) is 0 Å². The predicted octanol–water partition coefficient (Wildman–Crippen LogP) is 4.11. The average Bonchev–Trinajstić information content (AvgIpc) is 3.23. The molecule has 0 bridgehead atoms. The number of hydrogen-bond donors (Lipinski definition) is 0. The molecule has 0 aromatic heterocycles. The van der Waals surface area contributed by atoms with Crippen LogP contribution in [0, 0.1) is 5.92 Å². The molecule has 1 aliphatic carbocycles. The molecule has 3 aliphatic heterocycles. The van der Waals surface area contributed by atoms with Crippen molar-refractivity contribution in [1.82, 2.24) is 14.9 Å². The van der Waals surface area contributed by atoms with Gasteiger partial charge in [0.25, 0.3) is 17.7 Å². The highest BCUT2D eigenvalue weighted by molar-refractivity contribution is 6.05. The quantitative estimate of drug-likeness (QED) is 0.408. The highest BCUT2D eigenvalue weighted by atomic mass is 19.4. The molecule has 5 rings (SSSR count). The lowest BCUT2D eigenvalue weighted by molar-refractivity contribution is -0.238. The van der Waals surface area contributed by atoms with Crippen LogP contribution in [0.15, 0.2) is 29.8 Å². The van der Waals surface area contributed by atoms with E-state index in [0.717, 1.165) is 50.0 Å². The number of fused-ring (bicyclic) bond motifs is 1. The molecule has 2 atom stereocenters. The van der Waals surface area contributed by atoms with Crippen molar-refractivity contribution in [3.05, 3.63) is 46.5 Å². The van der Waals surface area contributed by atoms with E-state index in [4.69, 9.17) is 0 Å². The lowest BCUT2D eigenvalue weighted by Crippen LogP contribution is -2.55. The Bertz CT molecular complexity index is 1210. The number of halogens is 3. The van der Waals surface area contributed by atoms with E-state index in [1.165, 1.54) is 23.3 Å². The van der Waals surface area contributed by atoms with E-state index in [9.17, 15) is 32.3 Å². The highest BCUT2D eigenvalue weighted by Gasteiger charge is 2.49. The van der Waals surface area contributed by atoms with E-state index in [2.05, 4.69) is 22.7 Å². The molecular formula is C28H32F3N3O5. The average molecular weight is 548 g/mol. The molecule has 210 valence electrons. The minimum absolute atomic E-state index is 0.0564. The molecule has 11 heteroatoms. The first-order chi connectivity index (χ1) is 18.5.